The van der Waals surface area contributed by atoms with Gasteiger partial charge in [-0.15, -0.1) is 0 Å². The van der Waals surface area contributed by atoms with Gasteiger partial charge in [-0.3, -0.25) is 14.4 Å². The van der Waals surface area contributed by atoms with Crippen LogP contribution >= 0.6 is 0 Å². The van der Waals surface area contributed by atoms with Crippen molar-refractivity contribution >= 4 is 34.7 Å². The molecule has 3 radical (unpaired) electrons. The number of ketones is 3. The van der Waals surface area contributed by atoms with E-state index in [1.165, 1.54) is 20.8 Å². The number of Topliss-reactive ketones (excluding diaryl/α,β-unsaturated/α-hetero) is 3. The van der Waals surface area contributed by atoms with Crippen molar-refractivity contribution in [1.29, 1.82) is 0 Å². The molecule has 0 N–H and O–H groups in total. The van der Waals surface area contributed by atoms with Gasteiger partial charge in [0.25, 0.3) is 0 Å². The summed E-state index contributed by atoms with van der Waals surface area (Å²) >= 11 is 0. The van der Waals surface area contributed by atoms with Crippen molar-refractivity contribution in [2.24, 2.45) is 5.92 Å². The molecule has 11 heavy (non-hydrogen) atoms. The van der Waals surface area contributed by atoms with E-state index in [1.54, 1.807) is 0 Å². The van der Waals surface area contributed by atoms with Crippen LogP contribution in [-0.4, -0.2) is 34.7 Å². The maximum absolute atomic E-state index is 10.6. The lowest BCUT2D eigenvalue weighted by Crippen LogP contribution is -2.26. The smallest absolute Gasteiger partial charge is 0.147 e. The van der Waals surface area contributed by atoms with Crippen LogP contribution in [0.3, 0.4) is 0 Å². The first-order valence-corrected chi connectivity index (χ1v) is 2.98. The van der Waals surface area contributed by atoms with E-state index in [-0.39, 0.29) is 34.7 Å². The molecule has 0 rings (SSSR count). The van der Waals surface area contributed by atoms with Gasteiger partial charge in [-0.05, 0) is 20.8 Å². The van der Waals surface area contributed by atoms with Gasteiger partial charge in [0.1, 0.15) is 23.3 Å². The molecule has 0 heterocycles. The van der Waals surface area contributed by atoms with Crippen LogP contribution in [0.4, 0.5) is 0 Å². The summed E-state index contributed by atoms with van der Waals surface area (Å²) in [5.41, 5.74) is 0. The Morgan fingerprint density at radius 2 is 1.00 bits per heavy atom. The second kappa shape index (κ2) is 5.23. The summed E-state index contributed by atoms with van der Waals surface area (Å²) in [7, 11) is 0. The zero-order chi connectivity index (χ0) is 8.31. The lowest BCUT2D eigenvalue weighted by atomic mass is 9.97. The van der Waals surface area contributed by atoms with E-state index in [0.29, 0.717) is 0 Å². The third-order valence-corrected chi connectivity index (χ3v) is 1.22. The minimum atomic E-state index is -1.03. The van der Waals surface area contributed by atoms with Gasteiger partial charge in [0, 0.05) is 17.4 Å². The van der Waals surface area contributed by atoms with Gasteiger partial charge in [-0.2, -0.15) is 0 Å². The highest BCUT2D eigenvalue weighted by atomic mass is 27.0. The number of hydrogen-bond acceptors (Lipinski definition) is 3. The largest absolute Gasteiger partial charge is 0.299 e. The zero-order valence-electron chi connectivity index (χ0n) is 6.88. The van der Waals surface area contributed by atoms with E-state index in [1.807, 2.05) is 0 Å². The molecule has 0 saturated carbocycles. The fourth-order valence-corrected chi connectivity index (χ4v) is 0.859. The first-order chi connectivity index (χ1) is 4.46. The number of hydrogen-bond donors (Lipinski definition) is 0. The molecule has 0 spiro atoms. The highest BCUT2D eigenvalue weighted by molar-refractivity contribution is 6.17. The van der Waals surface area contributed by atoms with Crippen molar-refractivity contribution in [1.82, 2.24) is 0 Å². The van der Waals surface area contributed by atoms with Crippen molar-refractivity contribution in [2.45, 2.75) is 20.8 Å². The Kier molecular flexibility index (Phi) is 6.25. The molecule has 0 aliphatic heterocycles. The Hall–Kier alpha value is -0.458. The van der Waals surface area contributed by atoms with Gasteiger partial charge < -0.3 is 0 Å². The number of rotatable bonds is 3. The number of carbonyl (C=O) groups is 3. The molecule has 0 saturated heterocycles. The Balaban J connectivity index is 0. The summed E-state index contributed by atoms with van der Waals surface area (Å²) < 4.78 is 0. The van der Waals surface area contributed by atoms with E-state index in [4.69, 9.17) is 0 Å². The maximum atomic E-state index is 10.6. The van der Waals surface area contributed by atoms with Crippen LogP contribution < -0.4 is 0 Å². The summed E-state index contributed by atoms with van der Waals surface area (Å²) in [5, 5.41) is 0. The molecule has 0 aliphatic carbocycles. The topological polar surface area (TPSA) is 51.2 Å². The number of carbonyl (C=O) groups excluding carboxylic acids is 3. The summed E-state index contributed by atoms with van der Waals surface area (Å²) in [6.07, 6.45) is 0. The summed E-state index contributed by atoms with van der Waals surface area (Å²) in [6.45, 7) is 3.73. The first-order valence-electron chi connectivity index (χ1n) is 2.98. The van der Waals surface area contributed by atoms with Crippen LogP contribution in [0, 0.1) is 5.92 Å². The Morgan fingerprint density at radius 3 is 1.00 bits per heavy atom. The van der Waals surface area contributed by atoms with Gasteiger partial charge in [0.2, 0.25) is 0 Å². The van der Waals surface area contributed by atoms with Gasteiger partial charge in [0.05, 0.1) is 0 Å². The molecule has 0 bridgehead atoms. The molecule has 0 atom stereocenters. The molecule has 0 aromatic heterocycles. The van der Waals surface area contributed by atoms with E-state index in [2.05, 4.69) is 0 Å². The standard InChI is InChI=1S/C7H10O3.Al/c1-4(8)7(5(2)9)6(3)10;/h7H,1-3H3;. The van der Waals surface area contributed by atoms with Crippen LogP contribution in [-0.2, 0) is 14.4 Å². The Bertz CT molecular complexity index is 153. The fraction of sp³-hybridized carbons (Fsp3) is 0.571. The molecule has 59 valence electrons. The second-order valence-corrected chi connectivity index (χ2v) is 2.26. The summed E-state index contributed by atoms with van der Waals surface area (Å²) in [4.78, 5) is 31.8. The molecule has 0 aliphatic rings. The monoisotopic (exact) mass is 169 g/mol. The first kappa shape index (κ1) is 13.2. The normalized spacial score (nSPS) is 8.73. The second-order valence-electron chi connectivity index (χ2n) is 2.26. The lowest BCUT2D eigenvalue weighted by Gasteiger charge is -2.02. The predicted octanol–water partition coefficient (Wildman–Crippen LogP) is -0.0112. The molecular formula is C7H10AlO3. The van der Waals surface area contributed by atoms with Crippen LogP contribution in [0.5, 0.6) is 0 Å². The Morgan fingerprint density at radius 1 is 0.818 bits per heavy atom. The zero-order valence-corrected chi connectivity index (χ0v) is 8.03. The quantitative estimate of drug-likeness (QED) is 0.441. The van der Waals surface area contributed by atoms with Crippen molar-refractivity contribution in [3.63, 3.8) is 0 Å². The summed E-state index contributed by atoms with van der Waals surface area (Å²) in [6, 6.07) is 0. The van der Waals surface area contributed by atoms with Crippen molar-refractivity contribution in [3.8, 4) is 0 Å². The highest BCUT2D eigenvalue weighted by Crippen LogP contribution is 2.00. The molecule has 0 aromatic rings. The van der Waals surface area contributed by atoms with Crippen LogP contribution in [0.2, 0.25) is 0 Å². The molecular weight excluding hydrogens is 159 g/mol. The SMILES string of the molecule is CC(=O)C(C(C)=O)C(C)=O.[Al]. The molecule has 4 heteroatoms. The highest BCUT2D eigenvalue weighted by Gasteiger charge is 2.23. The van der Waals surface area contributed by atoms with Gasteiger partial charge in [0.15, 0.2) is 0 Å². The van der Waals surface area contributed by atoms with Crippen molar-refractivity contribution in [3.05, 3.63) is 0 Å². The predicted molar refractivity (Wildman–Crippen MR) is 41.3 cm³/mol. The molecule has 0 amide bonds. The fourth-order valence-electron chi connectivity index (χ4n) is 0.859. The minimum Gasteiger partial charge on any atom is -0.299 e. The van der Waals surface area contributed by atoms with E-state index in [9.17, 15) is 14.4 Å². The minimum absolute atomic E-state index is 0. The van der Waals surface area contributed by atoms with Gasteiger partial charge in [-0.25, -0.2) is 0 Å². The molecule has 0 aromatic carbocycles. The Labute approximate surface area is 76.3 Å². The molecule has 0 fully saturated rings. The lowest BCUT2D eigenvalue weighted by molar-refractivity contribution is -0.137. The van der Waals surface area contributed by atoms with Crippen LogP contribution in [0.25, 0.3) is 0 Å². The van der Waals surface area contributed by atoms with Crippen LogP contribution in [0.1, 0.15) is 20.8 Å². The van der Waals surface area contributed by atoms with E-state index in [0.717, 1.165) is 0 Å². The maximum Gasteiger partial charge on any atom is 0.147 e. The van der Waals surface area contributed by atoms with Crippen molar-refractivity contribution < 1.29 is 14.4 Å². The van der Waals surface area contributed by atoms with Gasteiger partial charge in [-0.1, -0.05) is 0 Å². The van der Waals surface area contributed by atoms with E-state index >= 15 is 0 Å². The van der Waals surface area contributed by atoms with E-state index < -0.39 is 5.92 Å². The third kappa shape index (κ3) is 4.07. The summed E-state index contributed by atoms with van der Waals surface area (Å²) in [5.74, 6) is -2.15. The molecule has 3 nitrogen and oxygen atoms in total. The average molecular weight is 169 g/mol. The van der Waals surface area contributed by atoms with Gasteiger partial charge >= 0.3 is 0 Å². The van der Waals surface area contributed by atoms with Crippen molar-refractivity contribution in [2.75, 3.05) is 0 Å². The van der Waals surface area contributed by atoms with Crippen LogP contribution in [0.15, 0.2) is 0 Å². The molecule has 0 unspecified atom stereocenters. The third-order valence-electron chi connectivity index (χ3n) is 1.22. The average Bonchev–Trinajstić information content (AvgIpc) is 1.59.